The van der Waals surface area contributed by atoms with Gasteiger partial charge in [0.1, 0.15) is 5.65 Å². The van der Waals surface area contributed by atoms with Gasteiger partial charge in [-0.2, -0.15) is 5.10 Å². The number of aryl methyl sites for hydroxylation is 2. The fourth-order valence-electron chi connectivity index (χ4n) is 3.80. The Labute approximate surface area is 166 Å². The first-order valence-electron chi connectivity index (χ1n) is 9.49. The van der Waals surface area contributed by atoms with Crippen LogP contribution in [0.3, 0.4) is 0 Å². The van der Waals surface area contributed by atoms with Gasteiger partial charge in [-0.05, 0) is 48.7 Å². The molecule has 0 aliphatic heterocycles. The Bertz CT molecular complexity index is 1390. The van der Waals surface area contributed by atoms with Crippen molar-refractivity contribution in [2.24, 2.45) is 0 Å². The summed E-state index contributed by atoms with van der Waals surface area (Å²) < 4.78 is 1.66. The van der Waals surface area contributed by atoms with Crippen LogP contribution in [0.2, 0.25) is 0 Å². The van der Waals surface area contributed by atoms with Gasteiger partial charge >= 0.3 is 0 Å². The van der Waals surface area contributed by atoms with Crippen molar-refractivity contribution in [3.8, 4) is 5.69 Å². The molecule has 6 heteroatoms. The van der Waals surface area contributed by atoms with Gasteiger partial charge in [-0.25, -0.2) is 4.98 Å². The van der Waals surface area contributed by atoms with E-state index in [1.54, 1.807) is 10.8 Å². The summed E-state index contributed by atoms with van der Waals surface area (Å²) in [5, 5.41) is 9.01. The standard InChI is InChI=1S/C23H19N5O/c24-18-11-5-4-7-15(18)12-13-19-20-21(27-26-19)17-10-6-14-25-22(17)28(23(20)29)16-8-2-1-3-9-16/h1-11,14H,12-13,24H2,(H,26,27). The van der Waals surface area contributed by atoms with E-state index in [9.17, 15) is 4.79 Å². The Morgan fingerprint density at radius 1 is 0.931 bits per heavy atom. The molecular weight excluding hydrogens is 362 g/mol. The molecule has 3 aromatic heterocycles. The number of anilines is 1. The smallest absolute Gasteiger partial charge is 0.268 e. The van der Waals surface area contributed by atoms with E-state index in [4.69, 9.17) is 5.73 Å². The number of aromatic amines is 1. The Kier molecular flexibility index (Phi) is 4.09. The molecular formula is C23H19N5O. The zero-order valence-electron chi connectivity index (χ0n) is 15.7. The zero-order chi connectivity index (χ0) is 19.8. The number of nitrogen functional groups attached to an aromatic ring is 1. The Morgan fingerprint density at radius 3 is 2.55 bits per heavy atom. The molecule has 5 aromatic rings. The maximum Gasteiger partial charge on any atom is 0.268 e. The van der Waals surface area contributed by atoms with Crippen LogP contribution in [0.15, 0.2) is 77.7 Å². The molecule has 0 spiro atoms. The lowest BCUT2D eigenvalue weighted by molar-refractivity contribution is 0.900. The summed E-state index contributed by atoms with van der Waals surface area (Å²) in [4.78, 5) is 18.0. The van der Waals surface area contributed by atoms with Crippen molar-refractivity contribution in [3.05, 3.63) is 94.5 Å². The number of nitrogens with zero attached hydrogens (tertiary/aromatic N) is 3. The highest BCUT2D eigenvalue weighted by atomic mass is 16.1. The number of hydrogen-bond donors (Lipinski definition) is 2. The highest BCUT2D eigenvalue weighted by molar-refractivity contribution is 6.03. The zero-order valence-corrected chi connectivity index (χ0v) is 15.7. The molecule has 0 bridgehead atoms. The van der Waals surface area contributed by atoms with Crippen LogP contribution >= 0.6 is 0 Å². The summed E-state index contributed by atoms with van der Waals surface area (Å²) in [5.41, 5.74) is 10.6. The molecule has 0 saturated carbocycles. The van der Waals surface area contributed by atoms with Gasteiger partial charge < -0.3 is 5.73 Å². The Morgan fingerprint density at radius 2 is 1.72 bits per heavy atom. The molecule has 0 saturated heterocycles. The van der Waals surface area contributed by atoms with E-state index in [1.807, 2.05) is 66.7 Å². The minimum Gasteiger partial charge on any atom is -0.399 e. The lowest BCUT2D eigenvalue weighted by atomic mass is 10.0. The monoisotopic (exact) mass is 381 g/mol. The predicted octanol–water partition coefficient (Wildman–Crippen LogP) is 3.63. The first kappa shape index (κ1) is 17.2. The number of nitrogens with one attached hydrogen (secondary N) is 1. The number of para-hydroxylation sites is 2. The summed E-state index contributed by atoms with van der Waals surface area (Å²) in [6.07, 6.45) is 3.02. The van der Waals surface area contributed by atoms with Crippen LogP contribution in [-0.4, -0.2) is 19.7 Å². The van der Waals surface area contributed by atoms with Crippen LogP contribution in [0.4, 0.5) is 5.69 Å². The average Bonchev–Trinajstić information content (AvgIpc) is 3.19. The third-order valence-corrected chi connectivity index (χ3v) is 5.23. The molecule has 0 atom stereocenters. The minimum absolute atomic E-state index is 0.123. The molecule has 5 rings (SSSR count). The van der Waals surface area contributed by atoms with Gasteiger partial charge in [-0.1, -0.05) is 36.4 Å². The van der Waals surface area contributed by atoms with Gasteiger partial charge in [-0.3, -0.25) is 14.5 Å². The fraction of sp³-hybridized carbons (Fsp3) is 0.0870. The maximum absolute atomic E-state index is 13.5. The number of H-pyrrole nitrogens is 1. The Hall–Kier alpha value is -3.93. The second kappa shape index (κ2) is 6.91. The number of hydrogen-bond acceptors (Lipinski definition) is 4. The molecule has 0 fully saturated rings. The van der Waals surface area contributed by atoms with E-state index < -0.39 is 0 Å². The quantitative estimate of drug-likeness (QED) is 0.465. The number of benzene rings is 2. The molecule has 142 valence electrons. The molecule has 0 radical (unpaired) electrons. The lowest BCUT2D eigenvalue weighted by Gasteiger charge is -2.10. The van der Waals surface area contributed by atoms with Crippen molar-refractivity contribution < 1.29 is 0 Å². The highest BCUT2D eigenvalue weighted by Crippen LogP contribution is 2.25. The first-order chi connectivity index (χ1) is 14.2. The molecule has 6 nitrogen and oxygen atoms in total. The van der Waals surface area contributed by atoms with E-state index in [1.165, 1.54) is 0 Å². The van der Waals surface area contributed by atoms with E-state index in [2.05, 4.69) is 15.2 Å². The van der Waals surface area contributed by atoms with Gasteiger partial charge in [0.2, 0.25) is 0 Å². The van der Waals surface area contributed by atoms with Crippen LogP contribution in [-0.2, 0) is 12.8 Å². The molecule has 0 unspecified atom stereocenters. The van der Waals surface area contributed by atoms with Crippen molar-refractivity contribution in [2.75, 3.05) is 5.73 Å². The van der Waals surface area contributed by atoms with Crippen molar-refractivity contribution >= 4 is 27.6 Å². The molecule has 0 amide bonds. The van der Waals surface area contributed by atoms with E-state index in [0.29, 0.717) is 23.9 Å². The molecule has 3 heterocycles. The van der Waals surface area contributed by atoms with Crippen LogP contribution < -0.4 is 11.3 Å². The van der Waals surface area contributed by atoms with Crippen LogP contribution in [0, 0.1) is 0 Å². The topological polar surface area (TPSA) is 89.6 Å². The van der Waals surface area contributed by atoms with E-state index >= 15 is 0 Å². The molecule has 29 heavy (non-hydrogen) atoms. The van der Waals surface area contributed by atoms with Crippen molar-refractivity contribution in [3.63, 3.8) is 0 Å². The normalized spacial score (nSPS) is 11.3. The van der Waals surface area contributed by atoms with Crippen LogP contribution in [0.5, 0.6) is 0 Å². The van der Waals surface area contributed by atoms with Gasteiger partial charge in [0.25, 0.3) is 5.56 Å². The van der Waals surface area contributed by atoms with Gasteiger partial charge in [0.05, 0.1) is 22.3 Å². The van der Waals surface area contributed by atoms with E-state index in [0.717, 1.165) is 33.5 Å². The predicted molar refractivity (Wildman–Crippen MR) is 115 cm³/mol. The molecule has 3 N–H and O–H groups in total. The summed E-state index contributed by atoms with van der Waals surface area (Å²) in [6.45, 7) is 0. The minimum atomic E-state index is -0.123. The summed E-state index contributed by atoms with van der Waals surface area (Å²) in [7, 11) is 0. The third-order valence-electron chi connectivity index (χ3n) is 5.23. The summed E-state index contributed by atoms with van der Waals surface area (Å²) >= 11 is 0. The van der Waals surface area contributed by atoms with Crippen molar-refractivity contribution in [1.29, 1.82) is 0 Å². The number of pyridine rings is 2. The SMILES string of the molecule is Nc1ccccc1CCc1n[nH]c2c1c(=O)n(-c1ccccc1)c1ncccc21. The fourth-order valence-corrected chi connectivity index (χ4v) is 3.80. The Balaban J connectivity index is 1.71. The van der Waals surface area contributed by atoms with Gasteiger partial charge in [0.15, 0.2) is 0 Å². The number of nitrogens with two attached hydrogens (primary N) is 1. The average molecular weight is 381 g/mol. The summed E-state index contributed by atoms with van der Waals surface area (Å²) in [6, 6.07) is 21.2. The first-order valence-corrected chi connectivity index (χ1v) is 9.49. The summed E-state index contributed by atoms with van der Waals surface area (Å²) in [5.74, 6) is 0. The molecule has 0 aliphatic rings. The van der Waals surface area contributed by atoms with Gasteiger partial charge in [0, 0.05) is 17.3 Å². The van der Waals surface area contributed by atoms with Gasteiger partial charge in [-0.15, -0.1) is 0 Å². The molecule has 2 aromatic carbocycles. The second-order valence-electron chi connectivity index (χ2n) is 6.97. The van der Waals surface area contributed by atoms with Crippen LogP contribution in [0.25, 0.3) is 27.6 Å². The number of fused-ring (bicyclic) bond motifs is 3. The largest absolute Gasteiger partial charge is 0.399 e. The van der Waals surface area contributed by atoms with Crippen molar-refractivity contribution in [1.82, 2.24) is 19.7 Å². The second-order valence-corrected chi connectivity index (χ2v) is 6.97. The van der Waals surface area contributed by atoms with Crippen LogP contribution in [0.1, 0.15) is 11.3 Å². The van der Waals surface area contributed by atoms with Crippen molar-refractivity contribution in [2.45, 2.75) is 12.8 Å². The molecule has 0 aliphatic carbocycles. The number of aromatic nitrogens is 4. The highest BCUT2D eigenvalue weighted by Gasteiger charge is 2.18. The van der Waals surface area contributed by atoms with E-state index in [-0.39, 0.29) is 5.56 Å². The third kappa shape index (κ3) is 2.86. The lowest BCUT2D eigenvalue weighted by Crippen LogP contribution is -2.20. The number of rotatable bonds is 4. The maximum atomic E-state index is 13.5.